The quantitative estimate of drug-likeness (QED) is 0.755. The van der Waals surface area contributed by atoms with Gasteiger partial charge >= 0.3 is 0 Å². The molecular formula is C20H32N2O2. The van der Waals surface area contributed by atoms with Gasteiger partial charge in [0.15, 0.2) is 0 Å². The Morgan fingerprint density at radius 1 is 1.42 bits per heavy atom. The molecule has 1 aliphatic heterocycles. The Kier molecular flexibility index (Phi) is 6.58. The lowest BCUT2D eigenvalue weighted by Crippen LogP contribution is -2.44. The summed E-state index contributed by atoms with van der Waals surface area (Å²) in [6, 6.07) is -0.496. The number of nitrogens with zero attached hydrogens (tertiary/aromatic N) is 1. The minimum Gasteiger partial charge on any atom is -0.357 e. The number of hydrogen-bond acceptors (Lipinski definition) is 2. The van der Waals surface area contributed by atoms with E-state index in [1.807, 2.05) is 6.08 Å². The molecule has 1 saturated heterocycles. The molecule has 1 aliphatic rings. The van der Waals surface area contributed by atoms with E-state index in [1.165, 1.54) is 11.1 Å². The van der Waals surface area contributed by atoms with Gasteiger partial charge in [0.1, 0.15) is 6.04 Å². The monoisotopic (exact) mass is 332 g/mol. The Morgan fingerprint density at radius 3 is 2.46 bits per heavy atom. The molecule has 1 unspecified atom stereocenters. The third kappa shape index (κ3) is 3.97. The molecule has 4 heteroatoms. The van der Waals surface area contributed by atoms with Crippen molar-refractivity contribution in [3.05, 3.63) is 34.9 Å². The van der Waals surface area contributed by atoms with Crippen LogP contribution in [0.25, 0.3) is 0 Å². The summed E-state index contributed by atoms with van der Waals surface area (Å²) in [5.74, 6) is -0.267. The zero-order chi connectivity index (χ0) is 18.7. The van der Waals surface area contributed by atoms with Crippen LogP contribution in [0.3, 0.4) is 0 Å². The molecule has 0 aromatic carbocycles. The maximum absolute atomic E-state index is 12.8. The van der Waals surface area contributed by atoms with Crippen LogP contribution in [0.4, 0.5) is 0 Å². The van der Waals surface area contributed by atoms with Gasteiger partial charge in [-0.2, -0.15) is 0 Å². The first-order valence-corrected chi connectivity index (χ1v) is 8.73. The first-order valence-electron chi connectivity index (χ1n) is 8.73. The standard InChI is InChI=1S/C20H32N2O2/c1-9-13(3)17(20(6,7)10-2)11-16-14(4)12-22(19(16)24)15(5)18(23)21-8/h11,15H,4,9-10,12H2,1-3,5-8H3,(H,21,23)/b16-11+,17-13-. The van der Waals surface area contributed by atoms with Crippen LogP contribution >= 0.6 is 0 Å². The van der Waals surface area contributed by atoms with Crippen LogP contribution in [0.2, 0.25) is 0 Å². The SMILES string of the molecule is C=C1CN(C(C)C(=O)NC)C(=O)/C1=C/C(=C(\C)CC)C(C)(C)CC. The normalized spacial score (nSPS) is 19.6. The predicted octanol–water partition coefficient (Wildman–Crippen LogP) is 3.61. The van der Waals surface area contributed by atoms with Crippen molar-refractivity contribution in [2.24, 2.45) is 5.41 Å². The van der Waals surface area contributed by atoms with Crippen molar-refractivity contribution < 1.29 is 9.59 Å². The molecule has 0 saturated carbocycles. The van der Waals surface area contributed by atoms with Crippen molar-refractivity contribution in [3.63, 3.8) is 0 Å². The smallest absolute Gasteiger partial charge is 0.255 e. The predicted molar refractivity (Wildman–Crippen MR) is 99.5 cm³/mol. The first-order chi connectivity index (χ1) is 11.1. The largest absolute Gasteiger partial charge is 0.357 e. The number of carbonyl (C=O) groups excluding carboxylic acids is 2. The molecule has 0 radical (unpaired) electrons. The van der Waals surface area contributed by atoms with Crippen molar-refractivity contribution in [2.45, 2.75) is 60.4 Å². The van der Waals surface area contributed by atoms with Crippen LogP contribution in [0.1, 0.15) is 54.4 Å². The van der Waals surface area contributed by atoms with Crippen molar-refractivity contribution in [1.82, 2.24) is 10.2 Å². The van der Waals surface area contributed by atoms with E-state index >= 15 is 0 Å². The van der Waals surface area contributed by atoms with Crippen molar-refractivity contribution in [2.75, 3.05) is 13.6 Å². The third-order valence-corrected chi connectivity index (χ3v) is 5.22. The first kappa shape index (κ1) is 20.2. The van der Waals surface area contributed by atoms with Gasteiger partial charge in [-0.3, -0.25) is 9.59 Å². The summed E-state index contributed by atoms with van der Waals surface area (Å²) >= 11 is 0. The number of hydrogen-bond donors (Lipinski definition) is 1. The van der Waals surface area contributed by atoms with E-state index in [1.54, 1.807) is 18.9 Å². The Morgan fingerprint density at radius 2 is 2.00 bits per heavy atom. The lowest BCUT2D eigenvalue weighted by Gasteiger charge is -2.27. The Bertz CT molecular complexity index is 597. The fourth-order valence-corrected chi connectivity index (χ4v) is 2.92. The minimum absolute atomic E-state index is 0.00647. The van der Waals surface area contributed by atoms with Gasteiger partial charge in [-0.25, -0.2) is 0 Å². The number of allylic oxidation sites excluding steroid dienone is 3. The molecule has 1 heterocycles. The molecule has 0 bridgehead atoms. The molecule has 4 nitrogen and oxygen atoms in total. The summed E-state index contributed by atoms with van der Waals surface area (Å²) in [6.07, 6.45) is 3.94. The van der Waals surface area contributed by atoms with Gasteiger partial charge in [0, 0.05) is 19.2 Å². The van der Waals surface area contributed by atoms with Gasteiger partial charge in [-0.05, 0) is 49.3 Å². The van der Waals surface area contributed by atoms with Crippen LogP contribution in [0.5, 0.6) is 0 Å². The number of likely N-dealkylation sites (tertiary alicyclic amines) is 1. The summed E-state index contributed by atoms with van der Waals surface area (Å²) in [4.78, 5) is 26.3. The van der Waals surface area contributed by atoms with E-state index in [0.29, 0.717) is 12.1 Å². The van der Waals surface area contributed by atoms with E-state index in [2.05, 4.69) is 46.5 Å². The molecule has 2 amide bonds. The van der Waals surface area contributed by atoms with Gasteiger partial charge in [0.2, 0.25) is 5.91 Å². The average molecular weight is 332 g/mol. The number of nitrogens with one attached hydrogen (secondary N) is 1. The topological polar surface area (TPSA) is 49.4 Å². The fraction of sp³-hybridized carbons (Fsp3) is 0.600. The van der Waals surface area contributed by atoms with Crippen LogP contribution in [-0.4, -0.2) is 36.3 Å². The molecule has 1 rings (SSSR count). The molecule has 0 aliphatic carbocycles. The number of amides is 2. The lowest BCUT2D eigenvalue weighted by molar-refractivity contribution is -0.134. The number of carbonyl (C=O) groups is 2. The molecule has 134 valence electrons. The van der Waals surface area contributed by atoms with Crippen LogP contribution < -0.4 is 5.32 Å². The highest BCUT2D eigenvalue weighted by molar-refractivity contribution is 6.03. The molecule has 1 fully saturated rings. The fourth-order valence-electron chi connectivity index (χ4n) is 2.92. The van der Waals surface area contributed by atoms with Crippen molar-refractivity contribution in [3.8, 4) is 0 Å². The average Bonchev–Trinajstić information content (AvgIpc) is 2.84. The zero-order valence-corrected chi connectivity index (χ0v) is 16.2. The van der Waals surface area contributed by atoms with Crippen molar-refractivity contribution in [1.29, 1.82) is 0 Å². The minimum atomic E-state index is -0.496. The van der Waals surface area contributed by atoms with E-state index in [4.69, 9.17) is 0 Å². The Hall–Kier alpha value is -1.84. The summed E-state index contributed by atoms with van der Waals surface area (Å²) in [7, 11) is 1.58. The molecule has 24 heavy (non-hydrogen) atoms. The Balaban J connectivity index is 3.29. The van der Waals surface area contributed by atoms with Gasteiger partial charge in [0.25, 0.3) is 5.91 Å². The molecule has 0 aromatic rings. The van der Waals surface area contributed by atoms with E-state index in [-0.39, 0.29) is 17.2 Å². The summed E-state index contributed by atoms with van der Waals surface area (Å²) in [5.41, 5.74) is 3.89. The molecule has 0 aromatic heterocycles. The van der Waals surface area contributed by atoms with Gasteiger partial charge in [0.05, 0.1) is 0 Å². The summed E-state index contributed by atoms with van der Waals surface area (Å²) < 4.78 is 0. The zero-order valence-electron chi connectivity index (χ0n) is 16.2. The second-order valence-electron chi connectivity index (χ2n) is 7.17. The van der Waals surface area contributed by atoms with Gasteiger partial charge in [-0.15, -0.1) is 0 Å². The maximum Gasteiger partial charge on any atom is 0.255 e. The maximum atomic E-state index is 12.8. The second kappa shape index (κ2) is 7.82. The van der Waals surface area contributed by atoms with Crippen LogP contribution in [0.15, 0.2) is 34.9 Å². The van der Waals surface area contributed by atoms with E-state index < -0.39 is 6.04 Å². The molecule has 1 atom stereocenters. The van der Waals surface area contributed by atoms with E-state index in [9.17, 15) is 9.59 Å². The summed E-state index contributed by atoms with van der Waals surface area (Å²) in [6.45, 7) is 17.0. The molecular weight excluding hydrogens is 300 g/mol. The highest BCUT2D eigenvalue weighted by Crippen LogP contribution is 2.37. The van der Waals surface area contributed by atoms with Crippen molar-refractivity contribution >= 4 is 11.8 Å². The molecule has 0 spiro atoms. The van der Waals surface area contributed by atoms with Crippen LogP contribution in [0, 0.1) is 5.41 Å². The lowest BCUT2D eigenvalue weighted by atomic mass is 9.77. The van der Waals surface area contributed by atoms with Crippen LogP contribution in [-0.2, 0) is 9.59 Å². The Labute approximate surface area is 146 Å². The highest BCUT2D eigenvalue weighted by Gasteiger charge is 2.36. The molecule has 1 N–H and O–H groups in total. The highest BCUT2D eigenvalue weighted by atomic mass is 16.2. The third-order valence-electron chi connectivity index (χ3n) is 5.22. The van der Waals surface area contributed by atoms with E-state index in [0.717, 1.165) is 18.4 Å². The van der Waals surface area contributed by atoms with Gasteiger partial charge in [-0.1, -0.05) is 39.8 Å². The number of likely N-dealkylation sites (N-methyl/N-ethyl adjacent to an activating group) is 1. The summed E-state index contributed by atoms with van der Waals surface area (Å²) in [5, 5.41) is 2.60. The number of rotatable bonds is 6. The van der Waals surface area contributed by atoms with Gasteiger partial charge < -0.3 is 10.2 Å². The second-order valence-corrected chi connectivity index (χ2v) is 7.17.